The number of aliphatic imine (C=N–C) groups is 1. The summed E-state index contributed by atoms with van der Waals surface area (Å²) in [4.78, 5) is 17.2. The monoisotopic (exact) mass is 459 g/mol. The molecule has 176 valence electrons. The molecular weight excluding hydrogens is 430 g/mol. The maximum absolute atomic E-state index is 12.4. The average Bonchev–Trinajstić information content (AvgIpc) is 2.85. The fraction of sp³-hybridized carbons (Fsp3) is 0.259. The Morgan fingerprint density at radius 3 is 2.32 bits per heavy atom. The molecule has 7 nitrogen and oxygen atoms in total. The first-order valence-electron chi connectivity index (χ1n) is 11.1. The van der Waals surface area contributed by atoms with Crippen LogP contribution in [0, 0.1) is 6.92 Å². The molecule has 0 radical (unpaired) electrons. The Labute approximate surface area is 199 Å². The zero-order valence-electron chi connectivity index (χ0n) is 19.9. The molecule has 0 aliphatic carbocycles. The molecule has 2 amide bonds. The highest BCUT2D eigenvalue weighted by Crippen LogP contribution is 2.33. The summed E-state index contributed by atoms with van der Waals surface area (Å²) in [6.45, 7) is 2.67. The van der Waals surface area contributed by atoms with Gasteiger partial charge in [-0.25, -0.2) is 4.79 Å². The molecule has 34 heavy (non-hydrogen) atoms. The molecule has 3 aromatic carbocycles. The topological polar surface area (TPSA) is 81.2 Å². The molecule has 1 aliphatic heterocycles. The second-order valence-electron chi connectivity index (χ2n) is 8.08. The SMILES string of the molecule is COc1ccc(NC(=O)Nc2ccc(CC3=NCCc4cc(OC)c(OC)cc43)cc2)c(C)c1. The van der Waals surface area contributed by atoms with Gasteiger partial charge in [-0.3, -0.25) is 4.99 Å². The van der Waals surface area contributed by atoms with Crippen molar-refractivity contribution in [2.75, 3.05) is 38.5 Å². The first-order chi connectivity index (χ1) is 16.5. The lowest BCUT2D eigenvalue weighted by atomic mass is 9.93. The smallest absolute Gasteiger partial charge is 0.323 e. The Bertz CT molecular complexity index is 1220. The van der Waals surface area contributed by atoms with Crippen molar-refractivity contribution in [1.29, 1.82) is 0 Å². The minimum absolute atomic E-state index is 0.298. The molecule has 0 saturated carbocycles. The number of amides is 2. The van der Waals surface area contributed by atoms with E-state index in [0.29, 0.717) is 17.9 Å². The van der Waals surface area contributed by atoms with Gasteiger partial charge in [-0.15, -0.1) is 0 Å². The van der Waals surface area contributed by atoms with E-state index in [4.69, 9.17) is 19.2 Å². The number of anilines is 2. The number of methoxy groups -OCH3 is 3. The quantitative estimate of drug-likeness (QED) is 0.505. The van der Waals surface area contributed by atoms with Gasteiger partial charge < -0.3 is 24.8 Å². The Balaban J connectivity index is 1.42. The summed E-state index contributed by atoms with van der Waals surface area (Å²) in [5.41, 5.74) is 6.81. The predicted molar refractivity (Wildman–Crippen MR) is 135 cm³/mol. The zero-order chi connectivity index (χ0) is 24.1. The van der Waals surface area contributed by atoms with Crippen molar-refractivity contribution in [2.45, 2.75) is 19.8 Å². The summed E-state index contributed by atoms with van der Waals surface area (Å²) >= 11 is 0. The van der Waals surface area contributed by atoms with Crippen molar-refractivity contribution in [3.8, 4) is 17.2 Å². The van der Waals surface area contributed by atoms with Gasteiger partial charge >= 0.3 is 6.03 Å². The number of ether oxygens (including phenoxy) is 3. The van der Waals surface area contributed by atoms with Crippen LogP contribution in [0.15, 0.2) is 59.6 Å². The molecular formula is C27H29N3O4. The number of urea groups is 1. The van der Waals surface area contributed by atoms with Crippen LogP contribution >= 0.6 is 0 Å². The molecule has 7 heteroatoms. The summed E-state index contributed by atoms with van der Waals surface area (Å²) in [6.07, 6.45) is 1.57. The number of nitrogens with one attached hydrogen (secondary N) is 2. The van der Waals surface area contributed by atoms with Crippen molar-refractivity contribution >= 4 is 23.1 Å². The first-order valence-corrected chi connectivity index (χ1v) is 11.1. The highest BCUT2D eigenvalue weighted by molar-refractivity contribution is 6.04. The molecule has 1 heterocycles. The van der Waals surface area contributed by atoms with Gasteiger partial charge in [-0.05, 0) is 72.5 Å². The second kappa shape index (κ2) is 10.3. The maximum atomic E-state index is 12.4. The van der Waals surface area contributed by atoms with Gasteiger partial charge in [0.25, 0.3) is 0 Å². The molecule has 0 unspecified atom stereocenters. The van der Waals surface area contributed by atoms with Crippen LogP contribution < -0.4 is 24.8 Å². The van der Waals surface area contributed by atoms with Crippen molar-refractivity contribution in [2.24, 2.45) is 4.99 Å². The third kappa shape index (κ3) is 5.14. The Morgan fingerprint density at radius 1 is 0.912 bits per heavy atom. The summed E-state index contributed by atoms with van der Waals surface area (Å²) in [5, 5.41) is 5.75. The normalized spacial score (nSPS) is 12.3. The molecule has 1 aliphatic rings. The van der Waals surface area contributed by atoms with E-state index in [0.717, 1.165) is 52.6 Å². The summed E-state index contributed by atoms with van der Waals surface area (Å²) in [6, 6.07) is 17.1. The van der Waals surface area contributed by atoms with Crippen LogP contribution in [0.5, 0.6) is 17.2 Å². The van der Waals surface area contributed by atoms with E-state index in [2.05, 4.69) is 10.6 Å². The van der Waals surface area contributed by atoms with E-state index >= 15 is 0 Å². The number of nitrogens with zero attached hydrogens (tertiary/aromatic N) is 1. The number of rotatable bonds is 7. The molecule has 0 saturated heterocycles. The van der Waals surface area contributed by atoms with Gasteiger partial charge in [0.15, 0.2) is 11.5 Å². The highest BCUT2D eigenvalue weighted by atomic mass is 16.5. The van der Waals surface area contributed by atoms with Gasteiger partial charge in [-0.1, -0.05) is 12.1 Å². The van der Waals surface area contributed by atoms with Crippen LogP contribution in [0.4, 0.5) is 16.2 Å². The van der Waals surface area contributed by atoms with Crippen LogP contribution in [-0.4, -0.2) is 39.6 Å². The van der Waals surface area contributed by atoms with Gasteiger partial charge in [0.05, 0.1) is 21.3 Å². The number of hydrogen-bond donors (Lipinski definition) is 2. The van der Waals surface area contributed by atoms with E-state index in [9.17, 15) is 4.79 Å². The van der Waals surface area contributed by atoms with Crippen LogP contribution in [-0.2, 0) is 12.8 Å². The number of carbonyl (C=O) groups is 1. The molecule has 0 spiro atoms. The van der Waals surface area contributed by atoms with E-state index in [1.165, 1.54) is 5.56 Å². The van der Waals surface area contributed by atoms with Crippen molar-refractivity contribution in [1.82, 2.24) is 0 Å². The largest absolute Gasteiger partial charge is 0.497 e. The molecule has 3 aromatic rings. The number of carbonyl (C=O) groups excluding carboxylic acids is 1. The minimum atomic E-state index is -0.298. The maximum Gasteiger partial charge on any atom is 0.323 e. The molecule has 2 N–H and O–H groups in total. The lowest BCUT2D eigenvalue weighted by molar-refractivity contribution is 0.262. The molecule has 0 fully saturated rings. The minimum Gasteiger partial charge on any atom is -0.497 e. The van der Waals surface area contributed by atoms with Gasteiger partial charge in [-0.2, -0.15) is 0 Å². The van der Waals surface area contributed by atoms with Crippen LogP contribution in [0.3, 0.4) is 0 Å². The van der Waals surface area contributed by atoms with E-state index in [1.807, 2.05) is 61.5 Å². The molecule has 0 aromatic heterocycles. The molecule has 0 bridgehead atoms. The van der Waals surface area contributed by atoms with Crippen LogP contribution in [0.2, 0.25) is 0 Å². The number of benzene rings is 3. The summed E-state index contributed by atoms with van der Waals surface area (Å²) in [5.74, 6) is 2.19. The van der Waals surface area contributed by atoms with Crippen LogP contribution in [0.25, 0.3) is 0 Å². The zero-order valence-corrected chi connectivity index (χ0v) is 19.9. The summed E-state index contributed by atoms with van der Waals surface area (Å²) < 4.78 is 16.1. The van der Waals surface area contributed by atoms with Crippen molar-refractivity contribution < 1.29 is 19.0 Å². The Morgan fingerprint density at radius 2 is 1.65 bits per heavy atom. The van der Waals surface area contributed by atoms with Gasteiger partial charge in [0.2, 0.25) is 0 Å². The van der Waals surface area contributed by atoms with E-state index in [-0.39, 0.29) is 6.03 Å². The number of fused-ring (bicyclic) bond motifs is 1. The average molecular weight is 460 g/mol. The Kier molecular flexibility index (Phi) is 7.01. The fourth-order valence-corrected chi connectivity index (χ4v) is 4.03. The molecule has 4 rings (SSSR count). The second-order valence-corrected chi connectivity index (χ2v) is 8.08. The van der Waals surface area contributed by atoms with E-state index < -0.39 is 0 Å². The Hall–Kier alpha value is -4.00. The highest BCUT2D eigenvalue weighted by Gasteiger charge is 2.19. The van der Waals surface area contributed by atoms with Crippen LogP contribution in [0.1, 0.15) is 22.3 Å². The predicted octanol–water partition coefficient (Wildman–Crippen LogP) is 5.25. The van der Waals surface area contributed by atoms with Crippen molar-refractivity contribution in [3.05, 3.63) is 76.9 Å². The van der Waals surface area contributed by atoms with Gasteiger partial charge in [0, 0.05) is 35.6 Å². The summed E-state index contributed by atoms with van der Waals surface area (Å²) in [7, 11) is 4.91. The first kappa shape index (κ1) is 23.2. The third-order valence-corrected chi connectivity index (χ3v) is 5.87. The lowest BCUT2D eigenvalue weighted by Gasteiger charge is -2.20. The third-order valence-electron chi connectivity index (χ3n) is 5.87. The van der Waals surface area contributed by atoms with E-state index in [1.54, 1.807) is 21.3 Å². The van der Waals surface area contributed by atoms with Crippen molar-refractivity contribution in [3.63, 3.8) is 0 Å². The standard InChI is InChI=1S/C27H29N3O4/c1-17-13-21(32-2)9-10-23(17)30-27(31)29-20-7-5-18(6-8-20)14-24-22-16-26(34-4)25(33-3)15-19(22)11-12-28-24/h5-10,13,15-16H,11-12,14H2,1-4H3,(H2,29,30,31). The number of aryl methyl sites for hydroxylation is 1. The molecule has 0 atom stereocenters. The van der Waals surface area contributed by atoms with Gasteiger partial charge in [0.1, 0.15) is 5.75 Å². The number of hydrogen-bond acceptors (Lipinski definition) is 5. The lowest BCUT2D eigenvalue weighted by Crippen LogP contribution is -2.20. The fourth-order valence-electron chi connectivity index (χ4n) is 4.03.